The summed E-state index contributed by atoms with van der Waals surface area (Å²) in [5.41, 5.74) is 0.179. The molecule has 3 nitrogen and oxygen atoms in total. The number of hydrogen-bond acceptors (Lipinski definition) is 2. The molecule has 1 heterocycles. The lowest BCUT2D eigenvalue weighted by Crippen LogP contribution is -2.04. The highest BCUT2D eigenvalue weighted by Gasteiger charge is 2.23. The molecule has 0 aliphatic heterocycles. The van der Waals surface area contributed by atoms with E-state index in [9.17, 15) is 17.6 Å². The molecule has 1 aromatic heterocycles. The zero-order chi connectivity index (χ0) is 18.3. The number of aromatic nitrogens is 2. The number of rotatable bonds is 3. The highest BCUT2D eigenvalue weighted by atomic mass is 79.9. The van der Waals surface area contributed by atoms with E-state index >= 15 is 0 Å². The number of anilines is 2. The fourth-order valence-corrected chi connectivity index (χ4v) is 3.12. The van der Waals surface area contributed by atoms with Gasteiger partial charge in [-0.3, -0.25) is 4.68 Å². The third kappa shape index (κ3) is 3.13. The molecule has 2 aromatic carbocycles. The first-order chi connectivity index (χ1) is 11.8. The Bertz CT molecular complexity index is 926. The first-order valence-corrected chi connectivity index (χ1v) is 7.98. The molecule has 0 aliphatic rings. The number of nitrogens with one attached hydrogen (secondary N) is 1. The van der Waals surface area contributed by atoms with E-state index in [2.05, 4.69) is 26.3 Å². The molecule has 0 radical (unpaired) electrons. The van der Waals surface area contributed by atoms with E-state index in [1.807, 2.05) is 0 Å². The predicted octanol–water partition coefficient (Wildman–Crippen LogP) is 5.46. The molecular formula is C17H12BrF4N3. The third-order valence-electron chi connectivity index (χ3n) is 3.69. The van der Waals surface area contributed by atoms with Crippen molar-refractivity contribution in [3.05, 3.63) is 63.8 Å². The Kier molecular flexibility index (Phi) is 4.55. The lowest BCUT2D eigenvalue weighted by atomic mass is 10.0. The second kappa shape index (κ2) is 6.51. The molecule has 3 rings (SSSR count). The van der Waals surface area contributed by atoms with Gasteiger partial charge in [0.15, 0.2) is 5.82 Å². The van der Waals surface area contributed by atoms with Crippen molar-refractivity contribution in [2.75, 3.05) is 5.32 Å². The van der Waals surface area contributed by atoms with Crippen LogP contribution in [0.1, 0.15) is 5.69 Å². The van der Waals surface area contributed by atoms with Crippen LogP contribution in [0.15, 0.2) is 34.8 Å². The van der Waals surface area contributed by atoms with Crippen LogP contribution in [0.4, 0.5) is 29.1 Å². The smallest absolute Gasteiger partial charge is 0.150 e. The maximum absolute atomic E-state index is 14.2. The van der Waals surface area contributed by atoms with E-state index in [1.54, 1.807) is 14.0 Å². The van der Waals surface area contributed by atoms with E-state index in [0.717, 1.165) is 18.2 Å². The van der Waals surface area contributed by atoms with Crippen LogP contribution in [-0.2, 0) is 7.05 Å². The summed E-state index contributed by atoms with van der Waals surface area (Å²) in [5.74, 6) is -2.97. The van der Waals surface area contributed by atoms with Crippen LogP contribution in [0.2, 0.25) is 0 Å². The monoisotopic (exact) mass is 413 g/mol. The Labute approximate surface area is 149 Å². The Morgan fingerprint density at radius 1 is 1.00 bits per heavy atom. The van der Waals surface area contributed by atoms with Gasteiger partial charge >= 0.3 is 0 Å². The van der Waals surface area contributed by atoms with Gasteiger partial charge in [0.05, 0.1) is 22.5 Å². The Morgan fingerprint density at radius 2 is 1.64 bits per heavy atom. The molecule has 0 atom stereocenters. The molecule has 8 heteroatoms. The molecule has 0 saturated heterocycles. The summed E-state index contributed by atoms with van der Waals surface area (Å²) in [4.78, 5) is 0. The average molecular weight is 414 g/mol. The van der Waals surface area contributed by atoms with Crippen molar-refractivity contribution in [3.63, 3.8) is 0 Å². The van der Waals surface area contributed by atoms with Crippen LogP contribution in [0, 0.1) is 30.2 Å². The molecule has 0 unspecified atom stereocenters. The number of nitrogens with zero attached hydrogens (tertiary/aromatic N) is 2. The summed E-state index contributed by atoms with van der Waals surface area (Å²) in [6, 6.07) is 5.30. The van der Waals surface area contributed by atoms with Gasteiger partial charge in [0.2, 0.25) is 0 Å². The molecule has 0 bridgehead atoms. The summed E-state index contributed by atoms with van der Waals surface area (Å²) in [6.45, 7) is 1.59. The van der Waals surface area contributed by atoms with Gasteiger partial charge in [-0.25, -0.2) is 17.6 Å². The van der Waals surface area contributed by atoms with Gasteiger partial charge in [-0.1, -0.05) is 6.07 Å². The van der Waals surface area contributed by atoms with Gasteiger partial charge in [0, 0.05) is 17.6 Å². The zero-order valence-corrected chi connectivity index (χ0v) is 14.8. The minimum absolute atomic E-state index is 0.0672. The van der Waals surface area contributed by atoms with Crippen molar-refractivity contribution in [2.45, 2.75) is 6.92 Å². The number of halogens is 5. The molecule has 3 aromatic rings. The Balaban J connectivity index is 2.20. The normalized spacial score (nSPS) is 11.0. The Morgan fingerprint density at radius 3 is 2.24 bits per heavy atom. The van der Waals surface area contributed by atoms with Gasteiger partial charge in [-0.15, -0.1) is 0 Å². The fraction of sp³-hybridized carbons (Fsp3) is 0.118. The Hall–Kier alpha value is -2.35. The van der Waals surface area contributed by atoms with Gasteiger partial charge in [0.1, 0.15) is 23.3 Å². The standard InChI is InChI=1S/C17H12BrF4N3/c1-8-14(15-11(20)4-3-5-12(15)21)17(25(2)24-8)23-16-10(18)6-9(19)7-13(16)22/h3-7,23H,1-2H3. The van der Waals surface area contributed by atoms with Crippen molar-refractivity contribution in [2.24, 2.45) is 7.05 Å². The van der Waals surface area contributed by atoms with E-state index in [1.165, 1.54) is 10.7 Å². The molecule has 0 saturated carbocycles. The molecular weight excluding hydrogens is 402 g/mol. The van der Waals surface area contributed by atoms with E-state index in [4.69, 9.17) is 0 Å². The van der Waals surface area contributed by atoms with Crippen molar-refractivity contribution in [1.29, 1.82) is 0 Å². The maximum atomic E-state index is 14.2. The lowest BCUT2D eigenvalue weighted by molar-refractivity contribution is 0.584. The highest BCUT2D eigenvalue weighted by molar-refractivity contribution is 9.10. The van der Waals surface area contributed by atoms with Gasteiger partial charge in [0.25, 0.3) is 0 Å². The summed E-state index contributed by atoms with van der Waals surface area (Å²) in [7, 11) is 1.55. The number of benzene rings is 2. The minimum atomic E-state index is -0.856. The summed E-state index contributed by atoms with van der Waals surface area (Å²) in [6.07, 6.45) is 0. The minimum Gasteiger partial charge on any atom is -0.337 e. The van der Waals surface area contributed by atoms with Crippen LogP contribution in [0.5, 0.6) is 0 Å². The summed E-state index contributed by atoms with van der Waals surface area (Å²) < 4.78 is 57.3. The summed E-state index contributed by atoms with van der Waals surface area (Å²) >= 11 is 3.08. The van der Waals surface area contributed by atoms with E-state index in [0.29, 0.717) is 11.8 Å². The van der Waals surface area contributed by atoms with Crippen LogP contribution < -0.4 is 5.32 Å². The van der Waals surface area contributed by atoms with Crippen molar-refractivity contribution < 1.29 is 17.6 Å². The number of aryl methyl sites for hydroxylation is 2. The second-order valence-electron chi connectivity index (χ2n) is 5.40. The maximum Gasteiger partial charge on any atom is 0.150 e. The lowest BCUT2D eigenvalue weighted by Gasteiger charge is -2.13. The topological polar surface area (TPSA) is 29.9 Å². The summed E-state index contributed by atoms with van der Waals surface area (Å²) in [5, 5.41) is 6.91. The average Bonchev–Trinajstić information content (AvgIpc) is 2.77. The van der Waals surface area contributed by atoms with Crippen LogP contribution in [-0.4, -0.2) is 9.78 Å². The van der Waals surface area contributed by atoms with E-state index < -0.39 is 23.3 Å². The van der Waals surface area contributed by atoms with E-state index in [-0.39, 0.29) is 27.1 Å². The molecule has 0 amide bonds. The molecule has 0 aliphatic carbocycles. The quantitative estimate of drug-likeness (QED) is 0.577. The fourth-order valence-electron chi connectivity index (χ4n) is 2.62. The van der Waals surface area contributed by atoms with Crippen LogP contribution in [0.25, 0.3) is 11.1 Å². The molecule has 1 N–H and O–H groups in total. The van der Waals surface area contributed by atoms with Gasteiger partial charge in [-0.05, 0) is 41.1 Å². The first-order valence-electron chi connectivity index (χ1n) is 7.19. The SMILES string of the molecule is Cc1nn(C)c(Nc2c(F)cc(F)cc2Br)c1-c1c(F)cccc1F. The van der Waals surface area contributed by atoms with Gasteiger partial charge in [-0.2, -0.15) is 5.10 Å². The molecule has 0 spiro atoms. The van der Waals surface area contributed by atoms with Crippen LogP contribution in [0.3, 0.4) is 0 Å². The predicted molar refractivity (Wildman–Crippen MR) is 90.6 cm³/mol. The molecule has 0 fully saturated rings. The van der Waals surface area contributed by atoms with Crippen LogP contribution >= 0.6 is 15.9 Å². The highest BCUT2D eigenvalue weighted by Crippen LogP contribution is 2.38. The molecule has 25 heavy (non-hydrogen) atoms. The van der Waals surface area contributed by atoms with Gasteiger partial charge < -0.3 is 5.32 Å². The van der Waals surface area contributed by atoms with Crippen molar-refractivity contribution >= 4 is 27.4 Å². The third-order valence-corrected chi connectivity index (χ3v) is 4.31. The zero-order valence-electron chi connectivity index (χ0n) is 13.2. The largest absolute Gasteiger partial charge is 0.337 e. The first kappa shape index (κ1) is 17.5. The molecule has 130 valence electrons. The number of hydrogen-bond donors (Lipinski definition) is 1. The van der Waals surface area contributed by atoms with Crippen molar-refractivity contribution in [1.82, 2.24) is 9.78 Å². The second-order valence-corrected chi connectivity index (χ2v) is 6.25. The van der Waals surface area contributed by atoms with Crippen molar-refractivity contribution in [3.8, 4) is 11.1 Å².